The van der Waals surface area contributed by atoms with Gasteiger partial charge in [0.05, 0.1) is 12.4 Å². The summed E-state index contributed by atoms with van der Waals surface area (Å²) in [6.45, 7) is 8.99. The Kier molecular flexibility index (Phi) is 5.27. The van der Waals surface area contributed by atoms with E-state index in [1.807, 2.05) is 20.8 Å². The largest absolute Gasteiger partial charge is 0.364 e. The maximum Gasteiger partial charge on any atom is 0.273 e. The molecule has 1 heterocycles. The van der Waals surface area contributed by atoms with Gasteiger partial charge in [0, 0.05) is 19.1 Å². The number of rotatable bonds is 5. The van der Waals surface area contributed by atoms with E-state index >= 15 is 0 Å². The summed E-state index contributed by atoms with van der Waals surface area (Å²) in [5, 5.41) is 3.21. The average molecular weight is 264 g/mol. The Morgan fingerprint density at radius 1 is 1.32 bits per heavy atom. The smallest absolute Gasteiger partial charge is 0.273 e. The minimum Gasteiger partial charge on any atom is -0.364 e. The number of amides is 1. The topological polar surface area (TPSA) is 58.1 Å². The van der Waals surface area contributed by atoms with Crippen LogP contribution in [-0.4, -0.2) is 39.9 Å². The van der Waals surface area contributed by atoms with Crippen LogP contribution in [0, 0.1) is 0 Å². The Hall–Kier alpha value is -1.65. The van der Waals surface area contributed by atoms with Crippen molar-refractivity contribution in [3.8, 4) is 0 Å². The van der Waals surface area contributed by atoms with Gasteiger partial charge in [0.1, 0.15) is 11.5 Å². The molecule has 5 nitrogen and oxygen atoms in total. The van der Waals surface area contributed by atoms with E-state index in [-0.39, 0.29) is 11.4 Å². The second kappa shape index (κ2) is 6.50. The Balaban J connectivity index is 2.68. The molecule has 0 bridgehead atoms. The van der Waals surface area contributed by atoms with Crippen LogP contribution in [0.5, 0.6) is 0 Å². The lowest BCUT2D eigenvalue weighted by Gasteiger charge is -2.21. The number of carbonyl (C=O) groups is 1. The molecule has 1 N–H and O–H groups in total. The number of carbonyl (C=O) groups excluding carboxylic acids is 1. The van der Waals surface area contributed by atoms with E-state index in [1.54, 1.807) is 18.1 Å². The summed E-state index contributed by atoms with van der Waals surface area (Å²) in [5.74, 6) is 0.600. The molecular weight excluding hydrogens is 240 g/mol. The number of hydrogen-bond donors (Lipinski definition) is 1. The maximum absolute atomic E-state index is 12.1. The highest BCUT2D eigenvalue weighted by Crippen LogP contribution is 2.11. The van der Waals surface area contributed by atoms with Crippen LogP contribution < -0.4 is 5.32 Å². The average Bonchev–Trinajstić information content (AvgIpc) is 2.34. The van der Waals surface area contributed by atoms with Crippen LogP contribution in [0.15, 0.2) is 12.4 Å². The van der Waals surface area contributed by atoms with Crippen molar-refractivity contribution in [1.29, 1.82) is 0 Å². The van der Waals surface area contributed by atoms with Crippen molar-refractivity contribution in [3.05, 3.63) is 18.1 Å². The van der Waals surface area contributed by atoms with Crippen molar-refractivity contribution in [1.82, 2.24) is 14.9 Å². The van der Waals surface area contributed by atoms with Crippen LogP contribution in [0.1, 0.15) is 51.0 Å². The van der Waals surface area contributed by atoms with Crippen LogP contribution in [0.4, 0.5) is 5.82 Å². The molecule has 0 spiro atoms. The van der Waals surface area contributed by atoms with Gasteiger partial charge in [-0.05, 0) is 27.2 Å². The van der Waals surface area contributed by atoms with Gasteiger partial charge < -0.3 is 10.2 Å². The fourth-order valence-electron chi connectivity index (χ4n) is 1.58. The van der Waals surface area contributed by atoms with E-state index in [1.165, 1.54) is 6.20 Å². The van der Waals surface area contributed by atoms with Gasteiger partial charge in [-0.3, -0.25) is 4.79 Å². The first kappa shape index (κ1) is 15.4. The van der Waals surface area contributed by atoms with Gasteiger partial charge in [0.15, 0.2) is 0 Å². The van der Waals surface area contributed by atoms with E-state index in [2.05, 4.69) is 22.2 Å². The third kappa shape index (κ3) is 5.24. The second-order valence-corrected chi connectivity index (χ2v) is 5.74. The molecule has 1 aromatic heterocycles. The molecule has 0 saturated heterocycles. The fourth-order valence-corrected chi connectivity index (χ4v) is 1.58. The van der Waals surface area contributed by atoms with E-state index in [0.29, 0.717) is 11.5 Å². The van der Waals surface area contributed by atoms with Crippen LogP contribution in [0.25, 0.3) is 0 Å². The Morgan fingerprint density at radius 3 is 2.47 bits per heavy atom. The second-order valence-electron chi connectivity index (χ2n) is 5.74. The van der Waals surface area contributed by atoms with Gasteiger partial charge in [-0.1, -0.05) is 13.3 Å². The van der Waals surface area contributed by atoms with Crippen molar-refractivity contribution in [2.45, 2.75) is 46.1 Å². The van der Waals surface area contributed by atoms with Crippen molar-refractivity contribution in [2.75, 3.05) is 18.9 Å². The summed E-state index contributed by atoms with van der Waals surface area (Å²) in [6, 6.07) is 0. The van der Waals surface area contributed by atoms with Gasteiger partial charge in [0.25, 0.3) is 5.91 Å². The van der Waals surface area contributed by atoms with Gasteiger partial charge >= 0.3 is 0 Å². The predicted molar refractivity (Wildman–Crippen MR) is 77.3 cm³/mol. The number of anilines is 1. The van der Waals surface area contributed by atoms with Gasteiger partial charge in [-0.15, -0.1) is 0 Å². The van der Waals surface area contributed by atoms with E-state index in [0.717, 1.165) is 19.4 Å². The molecule has 106 valence electrons. The summed E-state index contributed by atoms with van der Waals surface area (Å²) in [7, 11) is 1.79. The molecular formula is C14H24N4O. The van der Waals surface area contributed by atoms with Gasteiger partial charge in [-0.2, -0.15) is 0 Å². The molecule has 0 aliphatic heterocycles. The summed E-state index contributed by atoms with van der Waals surface area (Å²) in [5.41, 5.74) is 0.316. The number of unbranched alkanes of at least 4 members (excludes halogenated alkanes) is 1. The first-order chi connectivity index (χ1) is 8.83. The molecule has 1 rings (SSSR count). The minimum absolute atomic E-state index is 0.0713. The predicted octanol–water partition coefficient (Wildman–Crippen LogP) is 2.56. The zero-order chi connectivity index (χ0) is 14.5. The zero-order valence-electron chi connectivity index (χ0n) is 12.5. The number of nitrogens with one attached hydrogen (secondary N) is 1. The highest BCUT2D eigenvalue weighted by atomic mass is 16.2. The molecule has 0 fully saturated rings. The summed E-state index contributed by atoms with van der Waals surface area (Å²) in [6.07, 6.45) is 5.20. The molecule has 1 amide bonds. The fraction of sp³-hybridized carbons (Fsp3) is 0.643. The molecule has 0 aliphatic carbocycles. The Morgan fingerprint density at radius 2 is 2.00 bits per heavy atom. The van der Waals surface area contributed by atoms with Crippen molar-refractivity contribution < 1.29 is 4.79 Å². The van der Waals surface area contributed by atoms with Gasteiger partial charge in [-0.25, -0.2) is 9.97 Å². The highest BCUT2D eigenvalue weighted by molar-refractivity contribution is 5.91. The molecule has 0 radical (unpaired) electrons. The van der Waals surface area contributed by atoms with E-state index in [9.17, 15) is 4.79 Å². The molecule has 1 aromatic rings. The van der Waals surface area contributed by atoms with Crippen molar-refractivity contribution >= 4 is 11.7 Å². The first-order valence-corrected chi connectivity index (χ1v) is 6.69. The summed E-state index contributed by atoms with van der Waals surface area (Å²) < 4.78 is 0. The number of nitrogens with zero attached hydrogens (tertiary/aromatic N) is 3. The number of aromatic nitrogens is 2. The SMILES string of the molecule is CCCCN(C)C(=O)c1cnc(NC(C)(C)C)cn1. The maximum atomic E-state index is 12.1. The summed E-state index contributed by atoms with van der Waals surface area (Å²) >= 11 is 0. The lowest BCUT2D eigenvalue weighted by Crippen LogP contribution is -2.29. The lowest BCUT2D eigenvalue weighted by molar-refractivity contribution is 0.0787. The zero-order valence-corrected chi connectivity index (χ0v) is 12.5. The van der Waals surface area contributed by atoms with Crippen LogP contribution in [0.2, 0.25) is 0 Å². The minimum atomic E-state index is -0.0803. The standard InChI is InChI=1S/C14H24N4O/c1-6-7-8-18(5)13(19)11-9-16-12(10-15-11)17-14(2,3)4/h9-10H,6-8H2,1-5H3,(H,16,17). The number of hydrogen-bond acceptors (Lipinski definition) is 4. The summed E-state index contributed by atoms with van der Waals surface area (Å²) in [4.78, 5) is 22.1. The van der Waals surface area contributed by atoms with Gasteiger partial charge in [0.2, 0.25) is 0 Å². The van der Waals surface area contributed by atoms with Crippen LogP contribution >= 0.6 is 0 Å². The molecule has 5 heteroatoms. The van der Waals surface area contributed by atoms with E-state index < -0.39 is 0 Å². The molecule has 0 aliphatic rings. The molecule has 0 saturated carbocycles. The lowest BCUT2D eigenvalue weighted by atomic mass is 10.1. The van der Waals surface area contributed by atoms with Crippen LogP contribution in [0.3, 0.4) is 0 Å². The van der Waals surface area contributed by atoms with Crippen LogP contribution in [-0.2, 0) is 0 Å². The van der Waals surface area contributed by atoms with E-state index in [4.69, 9.17) is 0 Å². The third-order valence-corrected chi connectivity index (χ3v) is 2.57. The Labute approximate surface area is 115 Å². The normalized spacial score (nSPS) is 11.2. The highest BCUT2D eigenvalue weighted by Gasteiger charge is 2.14. The molecule has 19 heavy (non-hydrogen) atoms. The molecule has 0 atom stereocenters. The monoisotopic (exact) mass is 264 g/mol. The first-order valence-electron chi connectivity index (χ1n) is 6.69. The molecule has 0 unspecified atom stereocenters. The van der Waals surface area contributed by atoms with Crippen molar-refractivity contribution in [3.63, 3.8) is 0 Å². The van der Waals surface area contributed by atoms with Crippen molar-refractivity contribution in [2.24, 2.45) is 0 Å². The Bertz CT molecular complexity index is 408. The molecule has 0 aromatic carbocycles. The quantitative estimate of drug-likeness (QED) is 0.888. The third-order valence-electron chi connectivity index (χ3n) is 2.57.